The molecule has 1 unspecified atom stereocenters. The van der Waals surface area contributed by atoms with Crippen molar-refractivity contribution in [2.45, 2.75) is 12.5 Å². The fourth-order valence-corrected chi connectivity index (χ4v) is 2.18. The highest BCUT2D eigenvalue weighted by Crippen LogP contribution is 2.15. The van der Waals surface area contributed by atoms with E-state index in [1.165, 1.54) is 6.07 Å². The van der Waals surface area contributed by atoms with Gasteiger partial charge in [-0.3, -0.25) is 0 Å². The average Bonchev–Trinajstić information content (AvgIpc) is 2.75. The van der Waals surface area contributed by atoms with E-state index in [0.29, 0.717) is 5.69 Å². The molecule has 2 amide bonds. The van der Waals surface area contributed by atoms with Crippen LogP contribution in [0, 0.1) is 0 Å². The lowest BCUT2D eigenvalue weighted by Gasteiger charge is -2.14. The van der Waals surface area contributed by atoms with Crippen LogP contribution in [0.2, 0.25) is 0 Å². The number of anilines is 1. The number of hydrogen-bond donors (Lipinski definition) is 3. The van der Waals surface area contributed by atoms with E-state index in [-0.39, 0.29) is 17.6 Å². The van der Waals surface area contributed by atoms with Gasteiger partial charge in [0.25, 0.3) is 0 Å². The molecule has 3 N–H and O–H groups in total. The maximum absolute atomic E-state index is 11.8. The van der Waals surface area contributed by atoms with Crippen LogP contribution in [0.4, 0.5) is 10.5 Å². The number of rotatable bonds is 3. The normalized spacial score (nSPS) is 19.1. The van der Waals surface area contributed by atoms with Crippen LogP contribution >= 0.6 is 0 Å². The zero-order chi connectivity index (χ0) is 13.8. The number of aromatic carboxylic acids is 1. The van der Waals surface area contributed by atoms with Crippen molar-refractivity contribution in [1.29, 1.82) is 0 Å². The minimum absolute atomic E-state index is 0.0844. The van der Waals surface area contributed by atoms with E-state index in [4.69, 9.17) is 5.11 Å². The van der Waals surface area contributed by atoms with Crippen LogP contribution in [-0.4, -0.2) is 48.2 Å². The van der Waals surface area contributed by atoms with Crippen molar-refractivity contribution in [1.82, 2.24) is 10.2 Å². The molecule has 0 aliphatic carbocycles. The Morgan fingerprint density at radius 3 is 2.74 bits per heavy atom. The summed E-state index contributed by atoms with van der Waals surface area (Å²) in [4.78, 5) is 25.0. The van der Waals surface area contributed by atoms with E-state index in [1.807, 2.05) is 7.05 Å². The van der Waals surface area contributed by atoms with Gasteiger partial charge in [0.05, 0.1) is 11.3 Å². The summed E-state index contributed by atoms with van der Waals surface area (Å²) in [6.07, 6.45) is 0.907. The monoisotopic (exact) mass is 263 g/mol. The van der Waals surface area contributed by atoms with Crippen molar-refractivity contribution in [3.8, 4) is 0 Å². The number of urea groups is 1. The molecular weight excluding hydrogens is 246 g/mol. The van der Waals surface area contributed by atoms with Crippen LogP contribution in [0.5, 0.6) is 0 Å². The largest absolute Gasteiger partial charge is 0.478 e. The van der Waals surface area contributed by atoms with Gasteiger partial charge in [0, 0.05) is 12.6 Å². The molecule has 1 aliphatic rings. The first-order valence-corrected chi connectivity index (χ1v) is 6.14. The van der Waals surface area contributed by atoms with Crippen molar-refractivity contribution in [3.05, 3.63) is 29.8 Å². The van der Waals surface area contributed by atoms with Crippen LogP contribution in [0.25, 0.3) is 0 Å². The summed E-state index contributed by atoms with van der Waals surface area (Å²) >= 11 is 0. The zero-order valence-electron chi connectivity index (χ0n) is 10.7. The number of carboxylic acid groups (broad SMARTS) is 1. The summed E-state index contributed by atoms with van der Waals surface area (Å²) in [5.74, 6) is -1.06. The van der Waals surface area contributed by atoms with Gasteiger partial charge in [0.15, 0.2) is 0 Å². The number of nitrogens with one attached hydrogen (secondary N) is 2. The molecule has 19 heavy (non-hydrogen) atoms. The third-order valence-corrected chi connectivity index (χ3v) is 3.13. The maximum atomic E-state index is 11.8. The van der Waals surface area contributed by atoms with Crippen molar-refractivity contribution in [3.63, 3.8) is 0 Å². The molecule has 1 aromatic rings. The molecule has 6 nitrogen and oxygen atoms in total. The summed E-state index contributed by atoms with van der Waals surface area (Å²) in [6, 6.07) is 6.09. The molecule has 1 saturated heterocycles. The molecule has 0 saturated carbocycles. The van der Waals surface area contributed by atoms with Gasteiger partial charge >= 0.3 is 12.0 Å². The van der Waals surface area contributed by atoms with E-state index >= 15 is 0 Å². The number of likely N-dealkylation sites (N-methyl/N-ethyl adjacent to an activating group) is 1. The average molecular weight is 263 g/mol. The molecule has 0 bridgehead atoms. The minimum atomic E-state index is -1.06. The Balaban J connectivity index is 1.97. The number of hydrogen-bond acceptors (Lipinski definition) is 3. The maximum Gasteiger partial charge on any atom is 0.337 e. The zero-order valence-corrected chi connectivity index (χ0v) is 10.7. The first-order valence-electron chi connectivity index (χ1n) is 6.14. The second-order valence-electron chi connectivity index (χ2n) is 4.70. The second kappa shape index (κ2) is 5.71. The molecule has 0 spiro atoms. The highest BCUT2D eigenvalue weighted by molar-refractivity contribution is 6.00. The van der Waals surface area contributed by atoms with Gasteiger partial charge in [-0.05, 0) is 32.1 Å². The Morgan fingerprint density at radius 2 is 2.11 bits per heavy atom. The first-order chi connectivity index (χ1) is 9.06. The standard InChI is InChI=1S/C13H17N3O3/c1-16-7-6-9(8-16)14-13(19)15-11-5-3-2-4-10(11)12(17)18/h2-5,9H,6-8H2,1H3,(H,17,18)(H2,14,15,19). The van der Waals surface area contributed by atoms with Crippen LogP contribution in [0.1, 0.15) is 16.8 Å². The fraction of sp³-hybridized carbons (Fsp3) is 0.385. The fourth-order valence-electron chi connectivity index (χ4n) is 2.18. The van der Waals surface area contributed by atoms with Gasteiger partial charge in [-0.2, -0.15) is 0 Å². The molecule has 1 heterocycles. The van der Waals surface area contributed by atoms with E-state index in [2.05, 4.69) is 15.5 Å². The number of likely N-dealkylation sites (tertiary alicyclic amines) is 1. The lowest BCUT2D eigenvalue weighted by molar-refractivity contribution is 0.0698. The van der Waals surface area contributed by atoms with Crippen LogP contribution in [0.3, 0.4) is 0 Å². The number of amides is 2. The predicted molar refractivity (Wildman–Crippen MR) is 71.5 cm³/mol. The summed E-state index contributed by atoms with van der Waals surface area (Å²) in [5, 5.41) is 14.4. The molecule has 2 rings (SSSR count). The third kappa shape index (κ3) is 3.45. The lowest BCUT2D eigenvalue weighted by atomic mass is 10.2. The SMILES string of the molecule is CN1CCC(NC(=O)Nc2ccccc2C(=O)O)C1. The number of carboxylic acids is 1. The molecule has 102 valence electrons. The predicted octanol–water partition coefficient (Wildman–Crippen LogP) is 1.21. The van der Waals surface area contributed by atoms with Gasteiger partial charge in [0.2, 0.25) is 0 Å². The van der Waals surface area contributed by atoms with E-state index < -0.39 is 5.97 Å². The molecule has 0 aromatic heterocycles. The van der Waals surface area contributed by atoms with E-state index in [0.717, 1.165) is 19.5 Å². The first kappa shape index (κ1) is 13.4. The lowest BCUT2D eigenvalue weighted by Crippen LogP contribution is -2.39. The number of para-hydroxylation sites is 1. The van der Waals surface area contributed by atoms with Crippen molar-refractivity contribution in [2.24, 2.45) is 0 Å². The van der Waals surface area contributed by atoms with Gasteiger partial charge < -0.3 is 20.6 Å². The summed E-state index contributed by atoms with van der Waals surface area (Å²) < 4.78 is 0. The van der Waals surface area contributed by atoms with Gasteiger partial charge in [0.1, 0.15) is 0 Å². The molecular formula is C13H17N3O3. The van der Waals surface area contributed by atoms with Crippen molar-refractivity contribution < 1.29 is 14.7 Å². The summed E-state index contributed by atoms with van der Waals surface area (Å²) in [7, 11) is 2.00. The Hall–Kier alpha value is -2.08. The Kier molecular flexibility index (Phi) is 4.01. The molecule has 0 radical (unpaired) electrons. The molecule has 1 aliphatic heterocycles. The quantitative estimate of drug-likeness (QED) is 0.765. The summed E-state index contributed by atoms with van der Waals surface area (Å²) in [5.41, 5.74) is 0.389. The molecule has 1 aromatic carbocycles. The molecule has 6 heteroatoms. The minimum Gasteiger partial charge on any atom is -0.478 e. The number of carbonyl (C=O) groups is 2. The van der Waals surface area contributed by atoms with Crippen LogP contribution in [0.15, 0.2) is 24.3 Å². The topological polar surface area (TPSA) is 81.7 Å². The van der Waals surface area contributed by atoms with Crippen LogP contribution < -0.4 is 10.6 Å². The Morgan fingerprint density at radius 1 is 1.37 bits per heavy atom. The van der Waals surface area contributed by atoms with Crippen molar-refractivity contribution >= 4 is 17.7 Å². The van der Waals surface area contributed by atoms with Gasteiger partial charge in [-0.25, -0.2) is 9.59 Å². The van der Waals surface area contributed by atoms with Crippen molar-refractivity contribution in [2.75, 3.05) is 25.5 Å². The second-order valence-corrected chi connectivity index (χ2v) is 4.70. The van der Waals surface area contributed by atoms with Gasteiger partial charge in [-0.1, -0.05) is 12.1 Å². The number of benzene rings is 1. The Bertz CT molecular complexity index is 490. The number of carbonyl (C=O) groups excluding carboxylic acids is 1. The molecule has 1 fully saturated rings. The van der Waals surface area contributed by atoms with Gasteiger partial charge in [-0.15, -0.1) is 0 Å². The van der Waals surface area contributed by atoms with E-state index in [9.17, 15) is 9.59 Å². The highest BCUT2D eigenvalue weighted by Gasteiger charge is 2.21. The smallest absolute Gasteiger partial charge is 0.337 e. The van der Waals surface area contributed by atoms with E-state index in [1.54, 1.807) is 18.2 Å². The highest BCUT2D eigenvalue weighted by atomic mass is 16.4. The summed E-state index contributed by atoms with van der Waals surface area (Å²) in [6.45, 7) is 1.77. The molecule has 1 atom stereocenters. The Labute approximate surface area is 111 Å². The number of nitrogens with zero attached hydrogens (tertiary/aromatic N) is 1. The third-order valence-electron chi connectivity index (χ3n) is 3.13. The van der Waals surface area contributed by atoms with Crippen LogP contribution in [-0.2, 0) is 0 Å².